The Kier molecular flexibility index (Phi) is 3.23. The van der Waals surface area contributed by atoms with Crippen LogP contribution in [0.25, 0.3) is 0 Å². The average Bonchev–Trinajstić information content (AvgIpc) is 2.02. The standard InChI is InChI=1S/C9H20N2O2S/c1-8-7-11(6-5-10-8)14(12,13)9(2,3)4/h8,10H,5-7H2,1-4H3/t8-/m0/s1. The molecule has 14 heavy (non-hydrogen) atoms. The van der Waals surface area contributed by atoms with Gasteiger partial charge < -0.3 is 5.32 Å². The summed E-state index contributed by atoms with van der Waals surface area (Å²) in [6.07, 6.45) is 0. The van der Waals surface area contributed by atoms with Crippen molar-refractivity contribution in [3.63, 3.8) is 0 Å². The maximum Gasteiger partial charge on any atom is 0.219 e. The Labute approximate surface area is 86.7 Å². The third-order valence-electron chi connectivity index (χ3n) is 2.45. The Hall–Kier alpha value is -0.130. The van der Waals surface area contributed by atoms with Gasteiger partial charge in [0.05, 0.1) is 4.75 Å². The molecular formula is C9H20N2O2S. The molecule has 1 heterocycles. The molecule has 0 bridgehead atoms. The van der Waals surface area contributed by atoms with Crippen molar-refractivity contribution < 1.29 is 8.42 Å². The lowest BCUT2D eigenvalue weighted by molar-refractivity contribution is 0.303. The van der Waals surface area contributed by atoms with Gasteiger partial charge in [0.15, 0.2) is 0 Å². The zero-order valence-corrected chi connectivity index (χ0v) is 10.2. The first-order valence-electron chi connectivity index (χ1n) is 4.98. The van der Waals surface area contributed by atoms with E-state index in [1.807, 2.05) is 6.92 Å². The number of hydrogen-bond donors (Lipinski definition) is 1. The zero-order chi connectivity index (χ0) is 11.0. The minimum absolute atomic E-state index is 0.251. The molecule has 1 N–H and O–H groups in total. The van der Waals surface area contributed by atoms with Crippen LogP contribution in [0.3, 0.4) is 0 Å². The normalized spacial score (nSPS) is 26.4. The molecule has 0 saturated carbocycles. The Morgan fingerprint density at radius 2 is 1.93 bits per heavy atom. The smallest absolute Gasteiger partial charge is 0.219 e. The maximum absolute atomic E-state index is 12.1. The van der Waals surface area contributed by atoms with E-state index in [0.29, 0.717) is 13.1 Å². The summed E-state index contributed by atoms with van der Waals surface area (Å²) in [5.74, 6) is 0. The van der Waals surface area contributed by atoms with Crippen molar-refractivity contribution in [3.8, 4) is 0 Å². The first kappa shape index (κ1) is 11.9. The fourth-order valence-corrected chi connectivity index (χ4v) is 3.03. The molecule has 0 amide bonds. The van der Waals surface area contributed by atoms with E-state index in [9.17, 15) is 8.42 Å². The van der Waals surface area contributed by atoms with Crippen LogP contribution in [0.4, 0.5) is 0 Å². The molecule has 4 nitrogen and oxygen atoms in total. The third-order valence-corrected chi connectivity index (χ3v) is 5.00. The SMILES string of the molecule is C[C@H]1CN(S(=O)(=O)C(C)(C)C)CCN1. The molecule has 0 spiro atoms. The molecule has 0 aliphatic carbocycles. The number of rotatable bonds is 1. The number of hydrogen-bond acceptors (Lipinski definition) is 3. The number of piperazine rings is 1. The van der Waals surface area contributed by atoms with Gasteiger partial charge in [-0.2, -0.15) is 4.31 Å². The highest BCUT2D eigenvalue weighted by atomic mass is 32.2. The molecule has 1 atom stereocenters. The first-order chi connectivity index (χ1) is 6.25. The van der Waals surface area contributed by atoms with Gasteiger partial charge in [-0.05, 0) is 27.7 Å². The van der Waals surface area contributed by atoms with Crippen LogP contribution in [0.1, 0.15) is 27.7 Å². The molecule has 0 aromatic heterocycles. The fourth-order valence-electron chi connectivity index (χ4n) is 1.50. The second kappa shape index (κ2) is 3.79. The van der Waals surface area contributed by atoms with Gasteiger partial charge in [0.25, 0.3) is 0 Å². The lowest BCUT2D eigenvalue weighted by atomic mass is 10.3. The molecule has 0 aromatic rings. The molecule has 5 heteroatoms. The molecule has 1 aliphatic heterocycles. The predicted octanol–water partition coefficient (Wildman–Crippen LogP) is 0.408. The number of nitrogens with zero attached hydrogens (tertiary/aromatic N) is 1. The summed E-state index contributed by atoms with van der Waals surface area (Å²) in [4.78, 5) is 0. The minimum atomic E-state index is -3.14. The molecule has 1 fully saturated rings. The van der Waals surface area contributed by atoms with E-state index in [2.05, 4.69) is 5.32 Å². The first-order valence-corrected chi connectivity index (χ1v) is 6.42. The van der Waals surface area contributed by atoms with Crippen LogP contribution in [0.5, 0.6) is 0 Å². The van der Waals surface area contributed by atoms with Gasteiger partial charge in [-0.15, -0.1) is 0 Å². The van der Waals surface area contributed by atoms with Gasteiger partial charge >= 0.3 is 0 Å². The lowest BCUT2D eigenvalue weighted by Crippen LogP contribution is -2.54. The van der Waals surface area contributed by atoms with Crippen LogP contribution in [0, 0.1) is 0 Å². The Morgan fingerprint density at radius 1 is 1.36 bits per heavy atom. The van der Waals surface area contributed by atoms with Crippen LogP contribution in [0.2, 0.25) is 0 Å². The van der Waals surface area contributed by atoms with Gasteiger partial charge in [-0.1, -0.05) is 0 Å². The van der Waals surface area contributed by atoms with Crippen molar-refractivity contribution >= 4 is 10.0 Å². The van der Waals surface area contributed by atoms with Crippen molar-refractivity contribution in [2.75, 3.05) is 19.6 Å². The van der Waals surface area contributed by atoms with Crippen LogP contribution in [0.15, 0.2) is 0 Å². The van der Waals surface area contributed by atoms with Crippen molar-refractivity contribution in [1.29, 1.82) is 0 Å². The molecule has 84 valence electrons. The van der Waals surface area contributed by atoms with Gasteiger partial charge in [-0.25, -0.2) is 8.42 Å². The van der Waals surface area contributed by atoms with E-state index in [0.717, 1.165) is 6.54 Å². The maximum atomic E-state index is 12.1. The second-order valence-electron chi connectivity index (χ2n) is 4.83. The van der Waals surface area contributed by atoms with Crippen molar-refractivity contribution in [3.05, 3.63) is 0 Å². The molecule has 1 aliphatic rings. The second-order valence-corrected chi connectivity index (χ2v) is 7.52. The highest BCUT2D eigenvalue weighted by Crippen LogP contribution is 2.21. The van der Waals surface area contributed by atoms with Gasteiger partial charge in [0.2, 0.25) is 10.0 Å². The highest BCUT2D eigenvalue weighted by molar-refractivity contribution is 7.90. The summed E-state index contributed by atoms with van der Waals surface area (Å²) < 4.78 is 25.0. The van der Waals surface area contributed by atoms with E-state index in [1.54, 1.807) is 25.1 Å². The van der Waals surface area contributed by atoms with Crippen molar-refractivity contribution in [1.82, 2.24) is 9.62 Å². The van der Waals surface area contributed by atoms with E-state index < -0.39 is 14.8 Å². The monoisotopic (exact) mass is 220 g/mol. The summed E-state index contributed by atoms with van der Waals surface area (Å²) >= 11 is 0. The molecule has 0 radical (unpaired) electrons. The quantitative estimate of drug-likeness (QED) is 0.696. The molecule has 1 rings (SSSR count). The topological polar surface area (TPSA) is 49.4 Å². The average molecular weight is 220 g/mol. The van der Waals surface area contributed by atoms with Gasteiger partial charge in [0.1, 0.15) is 0 Å². The Balaban J connectivity index is 2.83. The Morgan fingerprint density at radius 3 is 2.36 bits per heavy atom. The number of nitrogens with one attached hydrogen (secondary N) is 1. The van der Waals surface area contributed by atoms with E-state index in [4.69, 9.17) is 0 Å². The number of sulfonamides is 1. The zero-order valence-electron chi connectivity index (χ0n) is 9.37. The lowest BCUT2D eigenvalue weighted by Gasteiger charge is -2.35. The largest absolute Gasteiger partial charge is 0.312 e. The van der Waals surface area contributed by atoms with E-state index >= 15 is 0 Å². The van der Waals surface area contributed by atoms with Crippen LogP contribution in [-0.4, -0.2) is 43.1 Å². The van der Waals surface area contributed by atoms with Gasteiger partial charge in [0, 0.05) is 25.7 Å². The van der Waals surface area contributed by atoms with E-state index in [1.165, 1.54) is 0 Å². The minimum Gasteiger partial charge on any atom is -0.312 e. The van der Waals surface area contributed by atoms with E-state index in [-0.39, 0.29) is 6.04 Å². The van der Waals surface area contributed by atoms with Crippen LogP contribution >= 0.6 is 0 Å². The fraction of sp³-hybridized carbons (Fsp3) is 1.00. The summed E-state index contributed by atoms with van der Waals surface area (Å²) in [5, 5.41) is 3.23. The van der Waals surface area contributed by atoms with Gasteiger partial charge in [-0.3, -0.25) is 0 Å². The van der Waals surface area contributed by atoms with Crippen LogP contribution in [-0.2, 0) is 10.0 Å². The predicted molar refractivity (Wildman–Crippen MR) is 57.7 cm³/mol. The Bertz CT molecular complexity index is 292. The summed E-state index contributed by atoms with van der Waals surface area (Å²) in [6, 6.07) is 0.251. The molecule has 1 saturated heterocycles. The highest BCUT2D eigenvalue weighted by Gasteiger charge is 2.36. The summed E-state index contributed by atoms with van der Waals surface area (Å²) in [7, 11) is -3.14. The van der Waals surface area contributed by atoms with Crippen molar-refractivity contribution in [2.45, 2.75) is 38.5 Å². The molecular weight excluding hydrogens is 200 g/mol. The summed E-state index contributed by atoms with van der Waals surface area (Å²) in [5.41, 5.74) is 0. The third kappa shape index (κ3) is 2.27. The van der Waals surface area contributed by atoms with Crippen LogP contribution < -0.4 is 5.32 Å². The summed E-state index contributed by atoms with van der Waals surface area (Å²) in [6.45, 7) is 9.16. The molecule has 0 unspecified atom stereocenters. The van der Waals surface area contributed by atoms with Crippen molar-refractivity contribution in [2.24, 2.45) is 0 Å². The molecule has 0 aromatic carbocycles.